The predicted molar refractivity (Wildman–Crippen MR) is 145 cm³/mol. The Bertz CT molecular complexity index is 1290. The van der Waals surface area contributed by atoms with Crippen LogP contribution in [0.4, 0.5) is 10.7 Å². The van der Waals surface area contributed by atoms with Gasteiger partial charge in [0.05, 0.1) is 18.6 Å². The maximum Gasteiger partial charge on any atom is 0.404 e. The average molecular weight is 531 g/mol. The Morgan fingerprint density at radius 3 is 2.15 bits per heavy atom. The highest BCUT2D eigenvalue weighted by Gasteiger charge is 2.49. The quantitative estimate of drug-likeness (QED) is 0.420. The van der Waals surface area contributed by atoms with E-state index in [0.29, 0.717) is 24.9 Å². The molecule has 0 atom stereocenters. The van der Waals surface area contributed by atoms with E-state index in [4.69, 9.17) is 19.3 Å². The van der Waals surface area contributed by atoms with E-state index in [-0.39, 0.29) is 17.6 Å². The molecule has 2 saturated heterocycles. The summed E-state index contributed by atoms with van der Waals surface area (Å²) < 4.78 is 17.3. The maximum atomic E-state index is 10.7. The largest absolute Gasteiger partial charge is 0.490 e. The molecule has 6 rings (SSSR count). The second kappa shape index (κ2) is 10.0. The van der Waals surface area contributed by atoms with Gasteiger partial charge in [-0.15, -0.1) is 0 Å². The third-order valence-electron chi connectivity index (χ3n) is 8.13. The third kappa shape index (κ3) is 5.36. The molecule has 2 N–H and O–H groups in total. The molecule has 1 aliphatic carbocycles. The molecule has 3 heterocycles. The first kappa shape index (κ1) is 25.4. The lowest BCUT2D eigenvalue weighted by atomic mass is 9.78. The smallest absolute Gasteiger partial charge is 0.404 e. The van der Waals surface area contributed by atoms with Crippen LogP contribution < -0.4 is 19.7 Å². The summed E-state index contributed by atoms with van der Waals surface area (Å²) in [6.07, 6.45) is 4.14. The zero-order valence-corrected chi connectivity index (χ0v) is 22.3. The number of nitrogens with zero attached hydrogens (tertiary/aromatic N) is 3. The highest BCUT2D eigenvalue weighted by atomic mass is 16.5. The van der Waals surface area contributed by atoms with Crippen molar-refractivity contribution < 1.29 is 24.1 Å². The Balaban J connectivity index is 0.995. The number of anilines is 1. The molecule has 1 saturated carbocycles. The molecule has 1 amide bonds. The zero-order valence-electron chi connectivity index (χ0n) is 22.3. The molecule has 2 aliphatic heterocycles. The molecular formula is C30H34N4O5. The summed E-state index contributed by atoms with van der Waals surface area (Å²) in [5, 5.41) is 11.3. The molecule has 1 spiro atoms. The van der Waals surface area contributed by atoms with E-state index < -0.39 is 6.09 Å². The standard InChI is InChI=1S/C30H34N4O5/c1-29(2,22-5-9-25(10-6-22)39-26-11-23(12-26)33-28(35)36)21-3-7-24(8-4-21)38-15-20-13-31-27(32-14-20)34-16-30(17-34)18-37-19-30/h3-10,13-14,23,26,33H,11-12,15-19H2,1-2H3,(H,35,36)/t23-,26+. The van der Waals surface area contributed by atoms with Crippen LogP contribution in [-0.2, 0) is 16.8 Å². The van der Waals surface area contributed by atoms with E-state index in [1.165, 1.54) is 11.1 Å². The normalized spacial score (nSPS) is 21.3. The van der Waals surface area contributed by atoms with Gasteiger partial charge in [-0.2, -0.15) is 0 Å². The predicted octanol–water partition coefficient (Wildman–Crippen LogP) is 4.40. The summed E-state index contributed by atoms with van der Waals surface area (Å²) in [6, 6.07) is 16.4. The van der Waals surface area contributed by atoms with Gasteiger partial charge in [0.15, 0.2) is 0 Å². The summed E-state index contributed by atoms with van der Waals surface area (Å²) >= 11 is 0. The van der Waals surface area contributed by atoms with Gasteiger partial charge in [0, 0.05) is 55.3 Å². The molecule has 0 bridgehead atoms. The summed E-state index contributed by atoms with van der Waals surface area (Å²) in [7, 11) is 0. The number of nitrogens with one attached hydrogen (secondary N) is 1. The number of carboxylic acid groups (broad SMARTS) is 1. The van der Waals surface area contributed by atoms with E-state index in [1.54, 1.807) is 0 Å². The molecule has 1 aromatic heterocycles. The zero-order chi connectivity index (χ0) is 27.0. The summed E-state index contributed by atoms with van der Waals surface area (Å²) in [5.41, 5.74) is 3.44. The molecule has 3 fully saturated rings. The lowest BCUT2D eigenvalue weighted by molar-refractivity contribution is -0.127. The summed E-state index contributed by atoms with van der Waals surface area (Å²) in [6.45, 7) is 8.45. The first-order chi connectivity index (χ1) is 18.8. The van der Waals surface area contributed by atoms with Crippen molar-refractivity contribution in [2.24, 2.45) is 5.41 Å². The number of benzene rings is 2. The molecular weight excluding hydrogens is 496 g/mol. The van der Waals surface area contributed by atoms with Crippen LogP contribution in [0.3, 0.4) is 0 Å². The van der Waals surface area contributed by atoms with Crippen molar-refractivity contribution in [3.8, 4) is 11.5 Å². The fourth-order valence-corrected chi connectivity index (χ4v) is 5.46. The van der Waals surface area contributed by atoms with Crippen LogP contribution in [0.15, 0.2) is 60.9 Å². The van der Waals surface area contributed by atoms with Crippen molar-refractivity contribution in [2.45, 2.75) is 50.9 Å². The van der Waals surface area contributed by atoms with E-state index in [2.05, 4.69) is 58.3 Å². The molecule has 9 heteroatoms. The minimum atomic E-state index is -0.982. The van der Waals surface area contributed by atoms with Gasteiger partial charge in [-0.25, -0.2) is 14.8 Å². The van der Waals surface area contributed by atoms with Gasteiger partial charge < -0.3 is 29.5 Å². The number of amides is 1. The lowest BCUT2D eigenvalue weighted by Crippen LogP contribution is -2.66. The monoisotopic (exact) mass is 530 g/mol. The number of rotatable bonds is 9. The molecule has 3 aliphatic rings. The van der Waals surface area contributed by atoms with E-state index in [9.17, 15) is 4.79 Å². The van der Waals surface area contributed by atoms with Crippen molar-refractivity contribution in [2.75, 3.05) is 31.2 Å². The Morgan fingerprint density at radius 1 is 1.03 bits per heavy atom. The van der Waals surface area contributed by atoms with Crippen LogP contribution in [0.2, 0.25) is 0 Å². The number of hydrogen-bond acceptors (Lipinski definition) is 7. The van der Waals surface area contributed by atoms with Gasteiger partial charge >= 0.3 is 6.09 Å². The van der Waals surface area contributed by atoms with E-state index in [1.807, 2.05) is 36.7 Å². The SMILES string of the molecule is CC(C)(c1ccc(OCc2cnc(N3CC4(COC4)C3)nc2)cc1)c1ccc(O[C@H]2C[C@@H](NC(=O)O)C2)cc1. The van der Waals surface area contributed by atoms with E-state index >= 15 is 0 Å². The van der Waals surface area contributed by atoms with Crippen LogP contribution in [0.5, 0.6) is 11.5 Å². The highest BCUT2D eigenvalue weighted by Crippen LogP contribution is 2.39. The topological polar surface area (TPSA) is 106 Å². The molecule has 0 radical (unpaired) electrons. The van der Waals surface area contributed by atoms with Crippen molar-refractivity contribution in [3.05, 3.63) is 77.6 Å². The minimum absolute atomic E-state index is 0.0162. The Kier molecular flexibility index (Phi) is 6.54. The van der Waals surface area contributed by atoms with Gasteiger partial charge in [-0.3, -0.25) is 0 Å². The van der Waals surface area contributed by atoms with Gasteiger partial charge in [0.2, 0.25) is 5.95 Å². The van der Waals surface area contributed by atoms with Gasteiger partial charge in [-0.05, 0) is 35.4 Å². The minimum Gasteiger partial charge on any atom is -0.490 e. The lowest BCUT2D eigenvalue weighted by Gasteiger charge is -2.54. The van der Waals surface area contributed by atoms with Crippen LogP contribution in [0.1, 0.15) is 43.4 Å². The molecule has 2 aromatic carbocycles. The molecule has 3 aromatic rings. The molecule has 204 valence electrons. The van der Waals surface area contributed by atoms with Crippen molar-refractivity contribution in [1.29, 1.82) is 0 Å². The van der Waals surface area contributed by atoms with Crippen LogP contribution in [0.25, 0.3) is 0 Å². The molecule has 39 heavy (non-hydrogen) atoms. The maximum absolute atomic E-state index is 10.7. The Labute approximate surface area is 228 Å². The van der Waals surface area contributed by atoms with Crippen molar-refractivity contribution >= 4 is 12.0 Å². The molecule has 0 unspecified atom stereocenters. The summed E-state index contributed by atoms with van der Waals surface area (Å²) in [5.74, 6) is 2.37. The molecule has 9 nitrogen and oxygen atoms in total. The fourth-order valence-electron chi connectivity index (χ4n) is 5.46. The second-order valence-electron chi connectivity index (χ2n) is 11.6. The summed E-state index contributed by atoms with van der Waals surface area (Å²) in [4.78, 5) is 22.0. The van der Waals surface area contributed by atoms with Crippen molar-refractivity contribution in [1.82, 2.24) is 15.3 Å². The Hall–Kier alpha value is -3.85. The first-order valence-corrected chi connectivity index (χ1v) is 13.4. The van der Waals surface area contributed by atoms with Gasteiger partial charge in [-0.1, -0.05) is 38.1 Å². The van der Waals surface area contributed by atoms with Gasteiger partial charge in [0.25, 0.3) is 0 Å². The second-order valence-corrected chi connectivity index (χ2v) is 11.6. The van der Waals surface area contributed by atoms with Crippen LogP contribution in [-0.4, -0.2) is 59.6 Å². The van der Waals surface area contributed by atoms with Gasteiger partial charge in [0.1, 0.15) is 24.2 Å². The van der Waals surface area contributed by atoms with Crippen LogP contribution >= 0.6 is 0 Å². The number of aromatic nitrogens is 2. The average Bonchev–Trinajstić information content (AvgIpc) is 2.85. The number of carbonyl (C=O) groups is 1. The number of ether oxygens (including phenoxy) is 3. The van der Waals surface area contributed by atoms with E-state index in [0.717, 1.165) is 49.3 Å². The third-order valence-corrected chi connectivity index (χ3v) is 8.13. The first-order valence-electron chi connectivity index (χ1n) is 13.4. The fraction of sp³-hybridized carbons (Fsp3) is 0.433. The van der Waals surface area contributed by atoms with Crippen LogP contribution in [0, 0.1) is 5.41 Å². The van der Waals surface area contributed by atoms with Crippen molar-refractivity contribution in [3.63, 3.8) is 0 Å². The highest BCUT2D eigenvalue weighted by molar-refractivity contribution is 5.65. The Morgan fingerprint density at radius 2 is 1.62 bits per heavy atom. The number of hydrogen-bond donors (Lipinski definition) is 2.